The molecule has 0 radical (unpaired) electrons. The number of hydrogen-bond acceptors (Lipinski definition) is 4. The van der Waals surface area contributed by atoms with Crippen LogP contribution in [0, 0.1) is 17.0 Å². The summed E-state index contributed by atoms with van der Waals surface area (Å²) in [7, 11) is 0. The molecule has 0 aliphatic carbocycles. The molecule has 0 atom stereocenters. The van der Waals surface area contributed by atoms with E-state index >= 15 is 0 Å². The average Bonchev–Trinajstić information content (AvgIpc) is 2.80. The van der Waals surface area contributed by atoms with Crippen LogP contribution in [0.1, 0.15) is 15.9 Å². The molecular weight excluding hydrogens is 236 g/mol. The zero-order valence-electron chi connectivity index (χ0n) is 9.51. The minimum atomic E-state index is -0.526. The molecule has 18 heavy (non-hydrogen) atoms. The van der Waals surface area contributed by atoms with E-state index < -0.39 is 10.8 Å². The molecular formula is C11H10N4O3. The van der Waals surface area contributed by atoms with Crippen LogP contribution < -0.4 is 5.32 Å². The van der Waals surface area contributed by atoms with Crippen LogP contribution in [-0.2, 0) is 0 Å². The second-order valence-corrected chi connectivity index (χ2v) is 3.76. The fourth-order valence-electron chi connectivity index (χ4n) is 1.52. The topological polar surface area (TPSA) is 101 Å². The van der Waals surface area contributed by atoms with Crippen molar-refractivity contribution in [3.8, 4) is 0 Å². The van der Waals surface area contributed by atoms with Crippen molar-refractivity contribution < 1.29 is 9.72 Å². The van der Waals surface area contributed by atoms with Gasteiger partial charge in [-0.1, -0.05) is 0 Å². The lowest BCUT2D eigenvalue weighted by molar-refractivity contribution is -0.384. The number of anilines is 1. The van der Waals surface area contributed by atoms with E-state index in [4.69, 9.17) is 0 Å². The first-order valence-corrected chi connectivity index (χ1v) is 5.12. The lowest BCUT2D eigenvalue weighted by Crippen LogP contribution is -2.12. The van der Waals surface area contributed by atoms with Gasteiger partial charge in [-0.3, -0.25) is 20.0 Å². The summed E-state index contributed by atoms with van der Waals surface area (Å²) in [4.78, 5) is 22.0. The van der Waals surface area contributed by atoms with Crippen molar-refractivity contribution in [2.75, 3.05) is 5.32 Å². The van der Waals surface area contributed by atoms with Crippen LogP contribution in [0.2, 0.25) is 0 Å². The number of nitro benzene ring substituents is 1. The first kappa shape index (κ1) is 11.8. The van der Waals surface area contributed by atoms with Gasteiger partial charge in [0.15, 0.2) is 0 Å². The Bertz CT molecular complexity index is 592. The van der Waals surface area contributed by atoms with E-state index in [1.54, 1.807) is 13.0 Å². The number of non-ortho nitro benzene ring substituents is 1. The van der Waals surface area contributed by atoms with E-state index in [1.807, 2.05) is 0 Å². The highest BCUT2D eigenvalue weighted by atomic mass is 16.6. The number of carbonyl (C=O) groups is 1. The molecule has 7 heteroatoms. The van der Waals surface area contributed by atoms with E-state index in [9.17, 15) is 14.9 Å². The number of amides is 1. The Balaban J connectivity index is 2.27. The highest BCUT2D eigenvalue weighted by Gasteiger charge is 2.13. The number of H-pyrrole nitrogens is 1. The maximum Gasteiger partial charge on any atom is 0.270 e. The van der Waals surface area contributed by atoms with Gasteiger partial charge in [-0.25, -0.2) is 0 Å². The monoisotopic (exact) mass is 246 g/mol. The van der Waals surface area contributed by atoms with Crippen LogP contribution in [0.15, 0.2) is 30.6 Å². The number of nitrogens with zero attached hydrogens (tertiary/aromatic N) is 2. The Morgan fingerprint density at radius 2 is 2.22 bits per heavy atom. The first-order valence-electron chi connectivity index (χ1n) is 5.12. The zero-order valence-corrected chi connectivity index (χ0v) is 9.51. The fraction of sp³-hybridized carbons (Fsp3) is 0.0909. The summed E-state index contributed by atoms with van der Waals surface area (Å²) in [5.74, 6) is -0.414. The number of hydrogen-bond donors (Lipinski definition) is 2. The molecule has 0 fully saturated rings. The predicted molar refractivity (Wildman–Crippen MR) is 64.4 cm³/mol. The van der Waals surface area contributed by atoms with E-state index in [1.165, 1.54) is 24.5 Å². The number of rotatable bonds is 3. The van der Waals surface area contributed by atoms with Gasteiger partial charge in [-0.05, 0) is 18.6 Å². The molecule has 0 aliphatic heterocycles. The van der Waals surface area contributed by atoms with E-state index in [0.29, 0.717) is 11.3 Å². The molecule has 7 nitrogen and oxygen atoms in total. The highest BCUT2D eigenvalue weighted by Crippen LogP contribution is 2.17. The highest BCUT2D eigenvalue weighted by molar-refractivity contribution is 6.04. The maximum atomic E-state index is 11.9. The van der Waals surface area contributed by atoms with Gasteiger partial charge in [-0.15, -0.1) is 0 Å². The third-order valence-corrected chi connectivity index (χ3v) is 2.29. The number of benzene rings is 1. The van der Waals surface area contributed by atoms with Crippen molar-refractivity contribution >= 4 is 17.3 Å². The lowest BCUT2D eigenvalue weighted by atomic mass is 10.1. The Kier molecular flexibility index (Phi) is 3.05. The number of aromatic amines is 1. The van der Waals surface area contributed by atoms with Crippen LogP contribution in [0.25, 0.3) is 0 Å². The minimum absolute atomic E-state index is 0.104. The first-order chi connectivity index (χ1) is 8.56. The van der Waals surface area contributed by atoms with Gasteiger partial charge in [0.1, 0.15) is 0 Å². The molecule has 1 amide bonds. The average molecular weight is 246 g/mol. The minimum Gasteiger partial charge on any atom is -0.319 e. The second-order valence-electron chi connectivity index (χ2n) is 3.76. The molecule has 1 aromatic carbocycles. The third-order valence-electron chi connectivity index (χ3n) is 2.29. The smallest absolute Gasteiger partial charge is 0.270 e. The molecule has 0 bridgehead atoms. The number of aromatic nitrogens is 2. The SMILES string of the molecule is Cc1cc(C(=O)Nc2cn[nH]c2)cc([N+](=O)[O-])c1. The molecule has 2 N–H and O–H groups in total. The molecule has 0 saturated heterocycles. The molecule has 0 unspecified atom stereocenters. The Labute approximate surface area is 102 Å². The van der Waals surface area contributed by atoms with Crippen LogP contribution in [0.3, 0.4) is 0 Å². The largest absolute Gasteiger partial charge is 0.319 e. The summed E-state index contributed by atoms with van der Waals surface area (Å²) in [5, 5.41) is 19.5. The normalized spacial score (nSPS) is 10.1. The standard InChI is InChI=1S/C11H10N4O3/c1-7-2-8(4-10(3-7)15(17)18)11(16)14-9-5-12-13-6-9/h2-6H,1H3,(H,12,13)(H,14,16). The van der Waals surface area contributed by atoms with Crippen molar-refractivity contribution in [3.63, 3.8) is 0 Å². The van der Waals surface area contributed by atoms with E-state index in [2.05, 4.69) is 15.5 Å². The summed E-state index contributed by atoms with van der Waals surface area (Å²) < 4.78 is 0. The van der Waals surface area contributed by atoms with Crippen LogP contribution in [-0.4, -0.2) is 21.0 Å². The number of nitrogens with one attached hydrogen (secondary N) is 2. The van der Waals surface area contributed by atoms with Gasteiger partial charge >= 0.3 is 0 Å². The fourth-order valence-corrected chi connectivity index (χ4v) is 1.52. The number of nitro groups is 1. The molecule has 0 saturated carbocycles. The Hall–Kier alpha value is -2.70. The molecule has 1 heterocycles. The van der Waals surface area contributed by atoms with Crippen molar-refractivity contribution in [1.29, 1.82) is 0 Å². The maximum absolute atomic E-state index is 11.9. The van der Waals surface area contributed by atoms with Gasteiger partial charge in [0.2, 0.25) is 0 Å². The number of aryl methyl sites for hydroxylation is 1. The van der Waals surface area contributed by atoms with E-state index in [0.717, 1.165) is 0 Å². The molecule has 0 spiro atoms. The van der Waals surface area contributed by atoms with Crippen LogP contribution in [0.4, 0.5) is 11.4 Å². The molecule has 1 aromatic heterocycles. The zero-order chi connectivity index (χ0) is 13.1. The van der Waals surface area contributed by atoms with Crippen molar-refractivity contribution in [2.45, 2.75) is 6.92 Å². The summed E-state index contributed by atoms with van der Waals surface area (Å²) >= 11 is 0. The van der Waals surface area contributed by atoms with Gasteiger partial charge < -0.3 is 5.32 Å². The van der Waals surface area contributed by atoms with Crippen molar-refractivity contribution in [2.24, 2.45) is 0 Å². The second kappa shape index (κ2) is 4.66. The quantitative estimate of drug-likeness (QED) is 0.637. The summed E-state index contributed by atoms with van der Waals surface area (Å²) in [6, 6.07) is 4.24. The lowest BCUT2D eigenvalue weighted by Gasteiger charge is -2.03. The third kappa shape index (κ3) is 2.51. The summed E-state index contributed by atoms with van der Waals surface area (Å²) in [5.41, 5.74) is 1.29. The van der Waals surface area contributed by atoms with Crippen LogP contribution in [0.5, 0.6) is 0 Å². The molecule has 2 rings (SSSR count). The van der Waals surface area contributed by atoms with Crippen molar-refractivity contribution in [1.82, 2.24) is 10.2 Å². The van der Waals surface area contributed by atoms with Crippen LogP contribution >= 0.6 is 0 Å². The summed E-state index contributed by atoms with van der Waals surface area (Å²) in [6.07, 6.45) is 2.96. The Morgan fingerprint density at radius 1 is 1.44 bits per heavy atom. The van der Waals surface area contributed by atoms with Gasteiger partial charge in [-0.2, -0.15) is 5.10 Å². The molecule has 92 valence electrons. The summed E-state index contributed by atoms with van der Waals surface area (Å²) in [6.45, 7) is 1.70. The molecule has 2 aromatic rings. The molecule has 0 aliphatic rings. The van der Waals surface area contributed by atoms with Gasteiger partial charge in [0.05, 0.1) is 16.8 Å². The predicted octanol–water partition coefficient (Wildman–Crippen LogP) is 1.88. The van der Waals surface area contributed by atoms with Crippen molar-refractivity contribution in [3.05, 3.63) is 51.8 Å². The Morgan fingerprint density at radius 3 is 2.83 bits per heavy atom. The van der Waals surface area contributed by atoms with Gasteiger partial charge in [0.25, 0.3) is 11.6 Å². The number of carbonyl (C=O) groups excluding carboxylic acids is 1. The van der Waals surface area contributed by atoms with E-state index in [-0.39, 0.29) is 11.3 Å². The van der Waals surface area contributed by atoms with Gasteiger partial charge in [0, 0.05) is 23.9 Å².